The molecule has 3 heterocycles. The van der Waals surface area contributed by atoms with Crippen molar-refractivity contribution in [3.05, 3.63) is 33.5 Å². The molecule has 0 fully saturated rings. The lowest BCUT2D eigenvalue weighted by Gasteiger charge is -1.99. The molecule has 0 aliphatic heterocycles. The summed E-state index contributed by atoms with van der Waals surface area (Å²) in [4.78, 5) is 16.9. The first-order valence-electron chi connectivity index (χ1n) is 7.89. The highest BCUT2D eigenvalue weighted by molar-refractivity contribution is 7.15. The van der Waals surface area contributed by atoms with Crippen molar-refractivity contribution in [2.24, 2.45) is 0 Å². The van der Waals surface area contributed by atoms with Gasteiger partial charge in [0.25, 0.3) is 5.91 Å². The quantitative estimate of drug-likeness (QED) is 0.657. The van der Waals surface area contributed by atoms with Crippen molar-refractivity contribution in [2.75, 3.05) is 17.7 Å². The van der Waals surface area contributed by atoms with E-state index in [4.69, 9.17) is 0 Å². The highest BCUT2D eigenvalue weighted by Crippen LogP contribution is 2.22. The summed E-state index contributed by atoms with van der Waals surface area (Å²) in [7, 11) is 1.81. The summed E-state index contributed by atoms with van der Waals surface area (Å²) in [6.07, 6.45) is 3.35. The Morgan fingerprint density at radius 3 is 2.88 bits per heavy atom. The van der Waals surface area contributed by atoms with E-state index in [0.717, 1.165) is 34.5 Å². The topological polar surface area (TPSA) is 97.6 Å². The van der Waals surface area contributed by atoms with Crippen LogP contribution >= 0.6 is 22.7 Å². The monoisotopic (exact) mass is 377 g/mol. The van der Waals surface area contributed by atoms with Crippen molar-refractivity contribution in [3.63, 3.8) is 0 Å². The van der Waals surface area contributed by atoms with E-state index < -0.39 is 0 Å². The standard InChI is InChI=1S/C15H19N7OS2/c1-4-5-22-7-11(9(2)21-22)13(23)18-15-17-10(8-24-15)6-12-19-20-14(16-3)25-12/h7-8H,4-6H2,1-3H3,(H,16,20)(H,17,18,23). The van der Waals surface area contributed by atoms with Gasteiger partial charge in [-0.15, -0.1) is 21.5 Å². The molecular formula is C15H19N7OS2. The third-order valence-corrected chi connectivity index (χ3v) is 5.18. The normalized spacial score (nSPS) is 10.8. The number of thiazole rings is 1. The third-order valence-electron chi connectivity index (χ3n) is 3.43. The number of aromatic nitrogens is 5. The Hall–Kier alpha value is -2.33. The number of amides is 1. The van der Waals surface area contributed by atoms with Crippen LogP contribution in [-0.4, -0.2) is 37.9 Å². The van der Waals surface area contributed by atoms with Gasteiger partial charge in [-0.25, -0.2) is 4.98 Å². The SMILES string of the molecule is CCCn1cc(C(=O)Nc2nc(Cc3nnc(NC)s3)cs2)c(C)n1. The Morgan fingerprint density at radius 1 is 1.32 bits per heavy atom. The van der Waals surface area contributed by atoms with Crippen molar-refractivity contribution in [3.8, 4) is 0 Å². The molecule has 8 nitrogen and oxygen atoms in total. The van der Waals surface area contributed by atoms with Gasteiger partial charge in [0.1, 0.15) is 5.01 Å². The van der Waals surface area contributed by atoms with Crippen molar-refractivity contribution in [2.45, 2.75) is 33.2 Å². The fraction of sp³-hybridized carbons (Fsp3) is 0.400. The molecule has 0 atom stereocenters. The molecule has 0 aliphatic carbocycles. The number of hydrogen-bond acceptors (Lipinski definition) is 8. The Labute approximate surface area is 153 Å². The Balaban J connectivity index is 1.65. The molecule has 0 aromatic carbocycles. The van der Waals surface area contributed by atoms with Crippen LogP contribution < -0.4 is 10.6 Å². The van der Waals surface area contributed by atoms with Crippen molar-refractivity contribution < 1.29 is 4.79 Å². The molecule has 3 aromatic rings. The molecular weight excluding hydrogens is 358 g/mol. The zero-order valence-electron chi connectivity index (χ0n) is 14.2. The van der Waals surface area contributed by atoms with Gasteiger partial charge in [0.2, 0.25) is 5.13 Å². The van der Waals surface area contributed by atoms with Gasteiger partial charge in [0.05, 0.1) is 17.0 Å². The van der Waals surface area contributed by atoms with Crippen LogP contribution in [0, 0.1) is 6.92 Å². The number of carbonyl (C=O) groups is 1. The number of anilines is 2. The Morgan fingerprint density at radius 2 is 2.16 bits per heavy atom. The molecule has 25 heavy (non-hydrogen) atoms. The van der Waals surface area contributed by atoms with Gasteiger partial charge in [0.15, 0.2) is 5.13 Å². The molecule has 2 N–H and O–H groups in total. The van der Waals surface area contributed by atoms with Crippen LogP contribution in [0.3, 0.4) is 0 Å². The van der Waals surface area contributed by atoms with E-state index in [1.807, 2.05) is 19.4 Å². The van der Waals surface area contributed by atoms with Crippen molar-refractivity contribution in [1.82, 2.24) is 25.0 Å². The third kappa shape index (κ3) is 4.20. The first-order chi connectivity index (χ1) is 12.1. The number of nitrogens with one attached hydrogen (secondary N) is 2. The van der Waals surface area contributed by atoms with E-state index in [1.165, 1.54) is 22.7 Å². The van der Waals surface area contributed by atoms with Gasteiger partial charge >= 0.3 is 0 Å². The summed E-state index contributed by atoms with van der Waals surface area (Å²) in [5.41, 5.74) is 2.15. The smallest absolute Gasteiger partial charge is 0.260 e. The largest absolute Gasteiger partial charge is 0.363 e. The molecule has 0 unspecified atom stereocenters. The second kappa shape index (κ2) is 7.70. The number of nitrogens with zero attached hydrogens (tertiary/aromatic N) is 5. The molecule has 132 valence electrons. The highest BCUT2D eigenvalue weighted by Gasteiger charge is 2.15. The summed E-state index contributed by atoms with van der Waals surface area (Å²) in [5.74, 6) is -0.186. The van der Waals surface area contributed by atoms with Gasteiger partial charge in [-0.05, 0) is 13.3 Å². The number of carbonyl (C=O) groups excluding carboxylic acids is 1. The minimum atomic E-state index is -0.186. The van der Waals surface area contributed by atoms with Crippen LogP contribution in [-0.2, 0) is 13.0 Å². The average molecular weight is 377 g/mol. The van der Waals surface area contributed by atoms with E-state index >= 15 is 0 Å². The average Bonchev–Trinajstić information content (AvgIpc) is 3.29. The van der Waals surface area contributed by atoms with Crippen LogP contribution in [0.5, 0.6) is 0 Å². The summed E-state index contributed by atoms with van der Waals surface area (Å²) in [6, 6.07) is 0. The number of hydrogen-bond donors (Lipinski definition) is 2. The summed E-state index contributed by atoms with van der Waals surface area (Å²) < 4.78 is 1.80. The number of aryl methyl sites for hydroxylation is 2. The van der Waals surface area contributed by atoms with Gasteiger partial charge in [-0.1, -0.05) is 18.3 Å². The summed E-state index contributed by atoms with van der Waals surface area (Å²) in [6.45, 7) is 4.71. The van der Waals surface area contributed by atoms with Crippen LogP contribution in [0.15, 0.2) is 11.6 Å². The molecule has 10 heteroatoms. The lowest BCUT2D eigenvalue weighted by atomic mass is 10.2. The Kier molecular flexibility index (Phi) is 5.39. The van der Waals surface area contributed by atoms with Crippen LogP contribution in [0.25, 0.3) is 0 Å². The molecule has 3 aromatic heterocycles. The zero-order chi connectivity index (χ0) is 17.8. The van der Waals surface area contributed by atoms with E-state index in [9.17, 15) is 4.79 Å². The molecule has 3 rings (SSSR count). The molecule has 0 aliphatic rings. The van der Waals surface area contributed by atoms with Crippen molar-refractivity contribution >= 4 is 38.8 Å². The molecule has 0 saturated carbocycles. The molecule has 1 amide bonds. The lowest BCUT2D eigenvalue weighted by Crippen LogP contribution is -2.12. The summed E-state index contributed by atoms with van der Waals surface area (Å²) in [5, 5.41) is 22.4. The second-order valence-electron chi connectivity index (χ2n) is 5.42. The highest BCUT2D eigenvalue weighted by atomic mass is 32.1. The molecule has 0 bridgehead atoms. The van der Waals surface area contributed by atoms with E-state index in [1.54, 1.807) is 10.9 Å². The molecule has 0 radical (unpaired) electrons. The van der Waals surface area contributed by atoms with Crippen molar-refractivity contribution in [1.29, 1.82) is 0 Å². The van der Waals surface area contributed by atoms with E-state index in [0.29, 0.717) is 17.1 Å². The first kappa shape index (κ1) is 17.5. The predicted octanol–water partition coefficient (Wildman–Crippen LogP) is 2.79. The maximum Gasteiger partial charge on any atom is 0.260 e. The maximum absolute atomic E-state index is 12.4. The first-order valence-corrected chi connectivity index (χ1v) is 9.58. The van der Waals surface area contributed by atoms with Crippen LogP contribution in [0.2, 0.25) is 0 Å². The minimum Gasteiger partial charge on any atom is -0.363 e. The predicted molar refractivity (Wildman–Crippen MR) is 99.6 cm³/mol. The second-order valence-corrected chi connectivity index (χ2v) is 7.34. The zero-order valence-corrected chi connectivity index (χ0v) is 15.9. The van der Waals surface area contributed by atoms with Crippen LogP contribution in [0.4, 0.5) is 10.3 Å². The van der Waals surface area contributed by atoms with Gasteiger partial charge < -0.3 is 5.32 Å². The number of rotatable bonds is 7. The van der Waals surface area contributed by atoms with Crippen LogP contribution in [0.1, 0.15) is 40.1 Å². The van der Waals surface area contributed by atoms with Gasteiger partial charge in [-0.2, -0.15) is 5.10 Å². The molecule has 0 spiro atoms. The molecule has 0 saturated heterocycles. The minimum absolute atomic E-state index is 0.186. The lowest BCUT2D eigenvalue weighted by molar-refractivity contribution is 0.102. The fourth-order valence-corrected chi connectivity index (χ4v) is 3.69. The summed E-state index contributed by atoms with van der Waals surface area (Å²) >= 11 is 2.89. The van der Waals surface area contributed by atoms with Gasteiger partial charge in [0, 0.05) is 31.6 Å². The Bertz CT molecular complexity index is 867. The van der Waals surface area contributed by atoms with E-state index in [2.05, 4.69) is 37.8 Å². The van der Waals surface area contributed by atoms with E-state index in [-0.39, 0.29) is 5.91 Å². The maximum atomic E-state index is 12.4. The fourth-order valence-electron chi connectivity index (χ4n) is 2.28. The van der Waals surface area contributed by atoms with Gasteiger partial charge in [-0.3, -0.25) is 14.8 Å².